The first-order chi connectivity index (χ1) is 6.69. The first kappa shape index (κ1) is 10.7. The summed E-state index contributed by atoms with van der Waals surface area (Å²) in [6.07, 6.45) is 3.40. The molecular formula is C9H17N5. The zero-order valence-corrected chi connectivity index (χ0v) is 8.38. The van der Waals surface area contributed by atoms with Gasteiger partial charge in [-0.15, -0.1) is 0 Å². The molecule has 5 nitrogen and oxygen atoms in total. The maximum Gasteiger partial charge on any atom is 0.123 e. The van der Waals surface area contributed by atoms with Crippen molar-refractivity contribution < 1.29 is 0 Å². The van der Waals surface area contributed by atoms with Crippen LogP contribution in [0.15, 0.2) is 18.3 Å². The lowest BCUT2D eigenvalue weighted by molar-refractivity contribution is 0.546. The highest BCUT2D eigenvalue weighted by Crippen LogP contribution is 2.23. The number of hydrazine groups is 1. The van der Waals surface area contributed by atoms with Crippen molar-refractivity contribution in [2.45, 2.75) is 25.8 Å². The molecule has 0 saturated heterocycles. The van der Waals surface area contributed by atoms with Gasteiger partial charge in [0.15, 0.2) is 0 Å². The van der Waals surface area contributed by atoms with Crippen molar-refractivity contribution in [2.24, 2.45) is 5.84 Å². The molecule has 1 rings (SSSR count). The Hall–Kier alpha value is -1.33. The van der Waals surface area contributed by atoms with Crippen molar-refractivity contribution in [3.8, 4) is 0 Å². The van der Waals surface area contributed by atoms with Gasteiger partial charge in [0.05, 0.1) is 12.2 Å². The van der Waals surface area contributed by atoms with Crippen LogP contribution in [0.1, 0.15) is 31.4 Å². The SMILES string of the molecule is C=C(CC)CC(NN)c1cn[nH]c1N. The fraction of sp³-hybridized carbons (Fsp3) is 0.444. The Morgan fingerprint density at radius 1 is 1.79 bits per heavy atom. The van der Waals surface area contributed by atoms with Gasteiger partial charge in [0.25, 0.3) is 0 Å². The minimum atomic E-state index is -0.0128. The van der Waals surface area contributed by atoms with Crippen molar-refractivity contribution in [3.63, 3.8) is 0 Å². The third-order valence-electron chi connectivity index (χ3n) is 2.27. The zero-order valence-electron chi connectivity index (χ0n) is 8.38. The van der Waals surface area contributed by atoms with E-state index in [0.717, 1.165) is 24.0 Å². The summed E-state index contributed by atoms with van der Waals surface area (Å²) in [5.74, 6) is 6.00. The second-order valence-corrected chi connectivity index (χ2v) is 3.27. The van der Waals surface area contributed by atoms with Crippen LogP contribution in [0.3, 0.4) is 0 Å². The lowest BCUT2D eigenvalue weighted by atomic mass is 10.0. The van der Waals surface area contributed by atoms with Gasteiger partial charge >= 0.3 is 0 Å². The van der Waals surface area contributed by atoms with Crippen LogP contribution < -0.4 is 17.0 Å². The Kier molecular flexibility index (Phi) is 3.67. The molecule has 1 unspecified atom stereocenters. The van der Waals surface area contributed by atoms with Crippen LogP contribution in [0.5, 0.6) is 0 Å². The summed E-state index contributed by atoms with van der Waals surface area (Å²) in [4.78, 5) is 0. The van der Waals surface area contributed by atoms with Gasteiger partial charge in [0.2, 0.25) is 0 Å². The number of aromatic nitrogens is 2. The third kappa shape index (κ3) is 2.34. The number of nitrogens with two attached hydrogens (primary N) is 2. The topological polar surface area (TPSA) is 92.7 Å². The Bertz CT molecular complexity index is 304. The molecule has 0 aromatic carbocycles. The molecule has 5 heteroatoms. The lowest BCUT2D eigenvalue weighted by Crippen LogP contribution is -2.28. The first-order valence-electron chi connectivity index (χ1n) is 4.60. The minimum absolute atomic E-state index is 0.0128. The summed E-state index contributed by atoms with van der Waals surface area (Å²) in [6.45, 7) is 6.00. The van der Waals surface area contributed by atoms with E-state index in [2.05, 4.69) is 29.1 Å². The summed E-state index contributed by atoms with van der Waals surface area (Å²) in [6, 6.07) is -0.0128. The van der Waals surface area contributed by atoms with E-state index in [-0.39, 0.29) is 6.04 Å². The van der Waals surface area contributed by atoms with E-state index >= 15 is 0 Å². The monoisotopic (exact) mass is 195 g/mol. The molecule has 0 radical (unpaired) electrons. The minimum Gasteiger partial charge on any atom is -0.384 e. The van der Waals surface area contributed by atoms with Crippen LogP contribution in [0.4, 0.5) is 5.82 Å². The summed E-state index contributed by atoms with van der Waals surface area (Å²) < 4.78 is 0. The number of rotatable bonds is 5. The largest absolute Gasteiger partial charge is 0.384 e. The van der Waals surface area contributed by atoms with Gasteiger partial charge in [-0.3, -0.25) is 16.4 Å². The third-order valence-corrected chi connectivity index (χ3v) is 2.27. The highest BCUT2D eigenvalue weighted by molar-refractivity contribution is 5.39. The van der Waals surface area contributed by atoms with Gasteiger partial charge in [-0.25, -0.2) is 0 Å². The smallest absolute Gasteiger partial charge is 0.123 e. The van der Waals surface area contributed by atoms with Gasteiger partial charge in [0.1, 0.15) is 5.82 Å². The molecule has 14 heavy (non-hydrogen) atoms. The standard InChI is InChI=1S/C9H17N5/c1-3-6(2)4-8(13-11)7-5-12-14-9(7)10/h5,8,13H,2-4,11H2,1H3,(H3,10,12,14). The fourth-order valence-electron chi connectivity index (χ4n) is 1.27. The highest BCUT2D eigenvalue weighted by atomic mass is 15.2. The van der Waals surface area contributed by atoms with Gasteiger partial charge in [-0.2, -0.15) is 5.10 Å². The number of hydrogen-bond donors (Lipinski definition) is 4. The maximum atomic E-state index is 5.69. The van der Waals surface area contributed by atoms with Crippen molar-refractivity contribution >= 4 is 5.82 Å². The number of aromatic amines is 1. The predicted octanol–water partition coefficient (Wildman–Crippen LogP) is 0.853. The highest BCUT2D eigenvalue weighted by Gasteiger charge is 2.14. The van der Waals surface area contributed by atoms with E-state index in [0.29, 0.717) is 5.82 Å². The summed E-state index contributed by atoms with van der Waals surface area (Å²) in [7, 11) is 0. The number of H-pyrrole nitrogens is 1. The molecule has 1 aromatic rings. The number of nitrogens with one attached hydrogen (secondary N) is 2. The molecule has 0 amide bonds. The number of hydrogen-bond acceptors (Lipinski definition) is 4. The average molecular weight is 195 g/mol. The van der Waals surface area contributed by atoms with Gasteiger partial charge in [0, 0.05) is 5.56 Å². The molecule has 0 saturated carbocycles. The van der Waals surface area contributed by atoms with Crippen LogP contribution in [-0.4, -0.2) is 10.2 Å². The van der Waals surface area contributed by atoms with Gasteiger partial charge < -0.3 is 5.73 Å². The first-order valence-corrected chi connectivity index (χ1v) is 4.60. The number of nitrogen functional groups attached to an aromatic ring is 1. The molecule has 0 aliphatic carbocycles. The molecule has 0 aliphatic heterocycles. The fourth-order valence-corrected chi connectivity index (χ4v) is 1.27. The molecule has 0 aliphatic rings. The molecule has 0 bridgehead atoms. The molecule has 1 aromatic heterocycles. The Morgan fingerprint density at radius 2 is 2.50 bits per heavy atom. The van der Waals surface area contributed by atoms with Gasteiger partial charge in [-0.05, 0) is 12.8 Å². The number of nitrogens with zero attached hydrogens (tertiary/aromatic N) is 1. The van der Waals surface area contributed by atoms with Crippen molar-refractivity contribution in [1.29, 1.82) is 0 Å². The van der Waals surface area contributed by atoms with Crippen molar-refractivity contribution in [3.05, 3.63) is 23.9 Å². The summed E-state index contributed by atoms with van der Waals surface area (Å²) in [5, 5.41) is 6.53. The second kappa shape index (κ2) is 4.78. The quantitative estimate of drug-likeness (QED) is 0.318. The average Bonchev–Trinajstić information content (AvgIpc) is 2.60. The summed E-state index contributed by atoms with van der Waals surface area (Å²) in [5.41, 5.74) is 10.4. The molecule has 1 heterocycles. The van der Waals surface area contributed by atoms with E-state index in [4.69, 9.17) is 11.6 Å². The normalized spacial score (nSPS) is 12.7. The van der Waals surface area contributed by atoms with E-state index in [1.165, 1.54) is 0 Å². The van der Waals surface area contributed by atoms with Crippen LogP contribution in [-0.2, 0) is 0 Å². The van der Waals surface area contributed by atoms with E-state index in [1.807, 2.05) is 0 Å². The van der Waals surface area contributed by atoms with Crippen molar-refractivity contribution in [1.82, 2.24) is 15.6 Å². The zero-order chi connectivity index (χ0) is 10.6. The number of anilines is 1. The Balaban J connectivity index is 2.72. The van der Waals surface area contributed by atoms with E-state index in [1.54, 1.807) is 6.20 Å². The maximum absolute atomic E-state index is 5.69. The Morgan fingerprint density at radius 3 is 2.93 bits per heavy atom. The van der Waals surface area contributed by atoms with E-state index < -0.39 is 0 Å². The van der Waals surface area contributed by atoms with Crippen molar-refractivity contribution in [2.75, 3.05) is 5.73 Å². The second-order valence-electron chi connectivity index (χ2n) is 3.27. The molecule has 6 N–H and O–H groups in total. The molecule has 78 valence electrons. The Labute approximate surface area is 83.5 Å². The molecule has 1 atom stereocenters. The molecule has 0 spiro atoms. The van der Waals surface area contributed by atoms with Crippen LogP contribution in [0.2, 0.25) is 0 Å². The van der Waals surface area contributed by atoms with E-state index in [9.17, 15) is 0 Å². The van der Waals surface area contributed by atoms with Crippen LogP contribution in [0, 0.1) is 0 Å². The molecular weight excluding hydrogens is 178 g/mol. The predicted molar refractivity (Wildman–Crippen MR) is 57.1 cm³/mol. The summed E-state index contributed by atoms with van der Waals surface area (Å²) >= 11 is 0. The van der Waals surface area contributed by atoms with Gasteiger partial charge in [-0.1, -0.05) is 19.1 Å². The van der Waals surface area contributed by atoms with Crippen LogP contribution in [0.25, 0.3) is 0 Å². The molecule has 0 fully saturated rings. The van der Waals surface area contributed by atoms with Crippen LogP contribution >= 0.6 is 0 Å². The lowest BCUT2D eigenvalue weighted by Gasteiger charge is -2.15.